The first kappa shape index (κ1) is 16.8. The van der Waals surface area contributed by atoms with Crippen molar-refractivity contribution in [3.8, 4) is 0 Å². The highest BCUT2D eigenvalue weighted by Crippen LogP contribution is 2.18. The van der Waals surface area contributed by atoms with Gasteiger partial charge in [0.25, 0.3) is 0 Å². The molecule has 0 heterocycles. The Labute approximate surface area is 125 Å². The van der Waals surface area contributed by atoms with Gasteiger partial charge in [-0.1, -0.05) is 23.7 Å². The lowest BCUT2D eigenvalue weighted by Gasteiger charge is -2.05. The summed E-state index contributed by atoms with van der Waals surface area (Å²) < 4.78 is 13.5. The maximum atomic E-state index is 13.5. The van der Waals surface area contributed by atoms with Crippen LogP contribution in [0.2, 0.25) is 5.02 Å². The molecule has 0 bridgehead atoms. The molecular formula is C13H13ClFN3O3. The molecule has 0 fully saturated rings. The summed E-state index contributed by atoms with van der Waals surface area (Å²) in [5.41, 5.74) is 8.72. The van der Waals surface area contributed by atoms with Gasteiger partial charge in [0, 0.05) is 24.6 Å². The normalized spacial score (nSPS) is 12.1. The molecule has 0 spiro atoms. The highest BCUT2D eigenvalue weighted by Gasteiger charge is 2.18. The van der Waals surface area contributed by atoms with Crippen LogP contribution >= 0.6 is 11.6 Å². The first-order valence-electron chi connectivity index (χ1n) is 5.98. The monoisotopic (exact) mass is 313 g/mol. The van der Waals surface area contributed by atoms with E-state index in [1.54, 1.807) is 11.2 Å². The van der Waals surface area contributed by atoms with Crippen LogP contribution in [-0.4, -0.2) is 29.6 Å². The quantitative estimate of drug-likeness (QED) is 0.506. The van der Waals surface area contributed by atoms with E-state index in [4.69, 9.17) is 22.2 Å². The summed E-state index contributed by atoms with van der Waals surface area (Å²) >= 11 is 5.60. The van der Waals surface area contributed by atoms with E-state index in [-0.39, 0.29) is 23.6 Å². The van der Waals surface area contributed by atoms with E-state index < -0.39 is 23.7 Å². The van der Waals surface area contributed by atoms with Crippen molar-refractivity contribution in [2.75, 3.05) is 6.54 Å². The third-order valence-electron chi connectivity index (χ3n) is 2.58. The number of carboxylic acid groups (broad SMARTS) is 1. The fraction of sp³-hybridized carbons (Fsp3) is 0.231. The molecular weight excluding hydrogens is 301 g/mol. The Morgan fingerprint density at radius 1 is 1.52 bits per heavy atom. The molecule has 1 aromatic carbocycles. The molecule has 0 unspecified atom stereocenters. The summed E-state index contributed by atoms with van der Waals surface area (Å²) in [5, 5.41) is 12.6. The number of nitrogens with zero attached hydrogens (tertiary/aromatic N) is 1. The molecule has 6 nitrogen and oxygen atoms in total. The van der Waals surface area contributed by atoms with Crippen LogP contribution in [0.3, 0.4) is 0 Å². The van der Waals surface area contributed by atoms with Crippen LogP contribution in [0.15, 0.2) is 24.3 Å². The largest absolute Gasteiger partial charge is 0.508 e. The summed E-state index contributed by atoms with van der Waals surface area (Å²) in [6.45, 7) is 0.0335. The number of carboxylic acids is 1. The molecule has 1 rings (SSSR count). The fourth-order valence-corrected chi connectivity index (χ4v) is 1.64. The number of hydrogen-bond acceptors (Lipinski definition) is 2. The molecule has 0 aliphatic carbocycles. The zero-order chi connectivity index (χ0) is 15.8. The van der Waals surface area contributed by atoms with Crippen molar-refractivity contribution in [3.05, 3.63) is 46.2 Å². The SMILES string of the molecule is [N-]=[NH+][C@@H](CCNC(=O)/C=C/c1cccc(Cl)c1F)C(=O)O. The van der Waals surface area contributed by atoms with Gasteiger partial charge >= 0.3 is 5.97 Å². The van der Waals surface area contributed by atoms with Gasteiger partial charge in [-0.25, -0.2) is 9.18 Å². The predicted molar refractivity (Wildman–Crippen MR) is 73.8 cm³/mol. The van der Waals surface area contributed by atoms with Gasteiger partial charge in [-0.2, -0.15) is 0 Å². The van der Waals surface area contributed by atoms with Crippen molar-refractivity contribution >= 4 is 29.6 Å². The Hall–Kier alpha value is -2.28. The maximum absolute atomic E-state index is 13.5. The van der Waals surface area contributed by atoms with E-state index in [9.17, 15) is 14.0 Å². The molecule has 0 aliphatic heterocycles. The average molecular weight is 314 g/mol. The number of aliphatic carboxylic acids is 1. The van der Waals surface area contributed by atoms with Gasteiger partial charge < -0.3 is 21.1 Å². The van der Waals surface area contributed by atoms with E-state index in [0.29, 0.717) is 0 Å². The smallest absolute Gasteiger partial charge is 0.372 e. The third kappa shape index (κ3) is 5.31. The van der Waals surface area contributed by atoms with Gasteiger partial charge in [0.15, 0.2) is 0 Å². The van der Waals surface area contributed by atoms with E-state index in [1.165, 1.54) is 18.2 Å². The minimum absolute atomic E-state index is 0.00304. The molecule has 21 heavy (non-hydrogen) atoms. The molecule has 1 aromatic rings. The number of benzene rings is 1. The average Bonchev–Trinajstić information content (AvgIpc) is 2.44. The molecule has 8 heteroatoms. The van der Waals surface area contributed by atoms with Crippen molar-refractivity contribution in [2.45, 2.75) is 12.5 Å². The molecule has 0 saturated carbocycles. The van der Waals surface area contributed by atoms with Gasteiger partial charge in [0.05, 0.1) is 5.02 Å². The summed E-state index contributed by atoms with van der Waals surface area (Å²) in [4.78, 5) is 22.1. The Morgan fingerprint density at radius 2 is 2.24 bits per heavy atom. The highest BCUT2D eigenvalue weighted by atomic mass is 35.5. The maximum Gasteiger partial charge on any atom is 0.372 e. The predicted octanol–water partition coefficient (Wildman–Crippen LogP) is 0.554. The van der Waals surface area contributed by atoms with Gasteiger partial charge in [0.1, 0.15) is 5.82 Å². The lowest BCUT2D eigenvalue weighted by Crippen LogP contribution is -2.75. The first-order valence-corrected chi connectivity index (χ1v) is 6.36. The molecule has 3 N–H and O–H groups in total. The number of amides is 1. The first-order chi connectivity index (χ1) is 9.95. The number of carbonyl (C=O) groups is 2. The molecule has 0 radical (unpaired) electrons. The molecule has 0 saturated heterocycles. The van der Waals surface area contributed by atoms with E-state index >= 15 is 0 Å². The van der Waals surface area contributed by atoms with E-state index in [0.717, 1.165) is 6.08 Å². The molecule has 0 aliphatic rings. The minimum Gasteiger partial charge on any atom is -0.508 e. The number of halogens is 2. The number of rotatable bonds is 7. The van der Waals surface area contributed by atoms with Crippen LogP contribution < -0.4 is 10.4 Å². The molecule has 1 atom stereocenters. The third-order valence-corrected chi connectivity index (χ3v) is 2.87. The second-order valence-corrected chi connectivity index (χ2v) is 4.48. The van der Waals surface area contributed by atoms with Crippen LogP contribution in [0.5, 0.6) is 0 Å². The lowest BCUT2D eigenvalue weighted by atomic mass is 10.2. The van der Waals surface area contributed by atoms with Crippen molar-refractivity contribution in [3.63, 3.8) is 0 Å². The van der Waals surface area contributed by atoms with Gasteiger partial charge in [-0.3, -0.25) is 4.79 Å². The fourth-order valence-electron chi connectivity index (χ4n) is 1.46. The standard InChI is InChI=1S/C13H13ClFN3O3/c14-9-3-1-2-8(12(9)15)4-5-11(19)17-7-6-10(18-16)13(20)21/h1-5,10,18H,6-7H2,(H,17,19)(H,20,21)/b5-4+/t10-/m0/s1. The zero-order valence-electron chi connectivity index (χ0n) is 10.8. The lowest BCUT2D eigenvalue weighted by molar-refractivity contribution is -0.513. The van der Waals surface area contributed by atoms with Crippen LogP contribution in [-0.2, 0) is 9.59 Å². The van der Waals surface area contributed by atoms with Gasteiger partial charge in [-0.05, 0) is 12.1 Å². The zero-order valence-corrected chi connectivity index (χ0v) is 11.6. The van der Waals surface area contributed by atoms with Crippen LogP contribution in [0, 0.1) is 5.82 Å². The van der Waals surface area contributed by atoms with Crippen molar-refractivity contribution < 1.29 is 24.2 Å². The molecule has 112 valence electrons. The van der Waals surface area contributed by atoms with E-state index in [1.807, 2.05) is 0 Å². The Bertz CT molecular complexity index is 578. The second kappa shape index (κ2) is 8.11. The van der Waals surface area contributed by atoms with Gasteiger partial charge in [0.2, 0.25) is 11.9 Å². The topological polar surface area (TPSA) is 103 Å². The molecule has 1 amide bonds. The van der Waals surface area contributed by atoms with E-state index in [2.05, 4.69) is 5.32 Å². The Kier molecular flexibility index (Phi) is 6.48. The van der Waals surface area contributed by atoms with Gasteiger partial charge in [-0.15, -0.1) is 0 Å². The second-order valence-electron chi connectivity index (χ2n) is 4.08. The van der Waals surface area contributed by atoms with Crippen molar-refractivity contribution in [1.29, 1.82) is 0 Å². The Morgan fingerprint density at radius 3 is 2.86 bits per heavy atom. The number of nitrogens with one attached hydrogen (secondary N) is 2. The van der Waals surface area contributed by atoms with Crippen molar-refractivity contribution in [1.82, 2.24) is 5.32 Å². The van der Waals surface area contributed by atoms with Crippen LogP contribution in [0.25, 0.3) is 11.6 Å². The highest BCUT2D eigenvalue weighted by molar-refractivity contribution is 6.30. The van der Waals surface area contributed by atoms with Crippen LogP contribution in [0.4, 0.5) is 4.39 Å². The summed E-state index contributed by atoms with van der Waals surface area (Å²) in [5.74, 6) is -2.38. The van der Waals surface area contributed by atoms with Crippen molar-refractivity contribution in [2.24, 2.45) is 0 Å². The number of carbonyl (C=O) groups excluding carboxylic acids is 1. The minimum atomic E-state index is -1.23. The Balaban J connectivity index is 2.50. The van der Waals surface area contributed by atoms with Crippen LogP contribution in [0.1, 0.15) is 12.0 Å². The number of hydrogen-bond donors (Lipinski definition) is 3. The summed E-state index contributed by atoms with van der Waals surface area (Å²) in [6, 6.07) is 3.23. The summed E-state index contributed by atoms with van der Waals surface area (Å²) in [7, 11) is 0. The summed E-state index contributed by atoms with van der Waals surface area (Å²) in [6.07, 6.45) is 2.36. The molecule has 0 aromatic heterocycles.